The van der Waals surface area contributed by atoms with E-state index >= 15 is 0 Å². The SMILES string of the molecule is Cn1nncc1-c1cnn(C(Cc2ccc(F)cc2)c2ccc(Br)cn2)c1. The van der Waals surface area contributed by atoms with Crippen LogP contribution in [0.1, 0.15) is 17.3 Å². The van der Waals surface area contributed by atoms with Crippen LogP contribution in [0.4, 0.5) is 4.39 Å². The van der Waals surface area contributed by atoms with Crippen LogP contribution in [0.2, 0.25) is 0 Å². The van der Waals surface area contributed by atoms with Gasteiger partial charge in [-0.15, -0.1) is 5.10 Å². The third-order valence-electron chi connectivity index (χ3n) is 4.37. The Balaban J connectivity index is 1.71. The molecule has 3 heterocycles. The summed E-state index contributed by atoms with van der Waals surface area (Å²) < 4.78 is 17.8. The van der Waals surface area contributed by atoms with Crippen molar-refractivity contribution in [3.63, 3.8) is 0 Å². The highest BCUT2D eigenvalue weighted by Crippen LogP contribution is 2.25. The minimum Gasteiger partial charge on any atom is -0.263 e. The molecular formula is C19H16BrFN6. The molecule has 0 N–H and O–H groups in total. The second-order valence-electron chi connectivity index (χ2n) is 6.20. The van der Waals surface area contributed by atoms with Crippen LogP contribution < -0.4 is 0 Å². The van der Waals surface area contributed by atoms with Gasteiger partial charge in [-0.2, -0.15) is 5.10 Å². The summed E-state index contributed by atoms with van der Waals surface area (Å²) in [4.78, 5) is 4.55. The summed E-state index contributed by atoms with van der Waals surface area (Å²) in [7, 11) is 1.84. The molecule has 0 saturated carbocycles. The largest absolute Gasteiger partial charge is 0.263 e. The molecule has 1 atom stereocenters. The average molecular weight is 427 g/mol. The Morgan fingerprint density at radius 2 is 1.89 bits per heavy atom. The molecule has 136 valence electrons. The third kappa shape index (κ3) is 3.80. The van der Waals surface area contributed by atoms with Gasteiger partial charge in [0, 0.05) is 35.9 Å². The minimum absolute atomic E-state index is 0.126. The van der Waals surface area contributed by atoms with Crippen LogP contribution in [-0.2, 0) is 13.5 Å². The highest BCUT2D eigenvalue weighted by molar-refractivity contribution is 9.10. The first kappa shape index (κ1) is 17.5. The van der Waals surface area contributed by atoms with E-state index in [9.17, 15) is 4.39 Å². The number of nitrogens with zero attached hydrogens (tertiary/aromatic N) is 6. The molecule has 3 aromatic heterocycles. The van der Waals surface area contributed by atoms with E-state index < -0.39 is 0 Å². The van der Waals surface area contributed by atoms with Gasteiger partial charge in [0.05, 0.1) is 29.8 Å². The zero-order chi connectivity index (χ0) is 18.8. The Hall–Kier alpha value is -2.87. The predicted molar refractivity (Wildman–Crippen MR) is 102 cm³/mol. The van der Waals surface area contributed by atoms with E-state index in [-0.39, 0.29) is 11.9 Å². The normalized spacial score (nSPS) is 12.3. The molecule has 0 radical (unpaired) electrons. The minimum atomic E-state index is -0.248. The molecule has 0 aliphatic rings. The smallest absolute Gasteiger partial charge is 0.123 e. The van der Waals surface area contributed by atoms with Crippen molar-refractivity contribution < 1.29 is 4.39 Å². The quantitative estimate of drug-likeness (QED) is 0.486. The predicted octanol–water partition coefficient (Wildman–Crippen LogP) is 3.81. The van der Waals surface area contributed by atoms with Crippen LogP contribution in [0.25, 0.3) is 11.3 Å². The first-order chi connectivity index (χ1) is 13.1. The number of hydrogen-bond acceptors (Lipinski definition) is 4. The Morgan fingerprint density at radius 3 is 2.56 bits per heavy atom. The number of hydrogen-bond donors (Lipinski definition) is 0. The highest BCUT2D eigenvalue weighted by Gasteiger charge is 2.18. The summed E-state index contributed by atoms with van der Waals surface area (Å²) in [6, 6.07) is 10.3. The molecule has 0 aliphatic carbocycles. The van der Waals surface area contributed by atoms with Crippen LogP contribution in [0.15, 0.2) is 65.7 Å². The van der Waals surface area contributed by atoms with Crippen LogP contribution in [0.3, 0.4) is 0 Å². The fourth-order valence-corrected chi connectivity index (χ4v) is 3.19. The molecule has 0 bridgehead atoms. The fraction of sp³-hybridized carbons (Fsp3) is 0.158. The lowest BCUT2D eigenvalue weighted by molar-refractivity contribution is 0.508. The van der Waals surface area contributed by atoms with Crippen LogP contribution >= 0.6 is 15.9 Å². The zero-order valence-electron chi connectivity index (χ0n) is 14.5. The number of halogens is 2. The van der Waals surface area contributed by atoms with Gasteiger partial charge in [-0.25, -0.2) is 9.07 Å². The molecule has 0 saturated heterocycles. The fourth-order valence-electron chi connectivity index (χ4n) is 2.95. The van der Waals surface area contributed by atoms with Gasteiger partial charge in [-0.1, -0.05) is 17.3 Å². The zero-order valence-corrected chi connectivity index (χ0v) is 16.1. The second kappa shape index (κ2) is 7.40. The van der Waals surface area contributed by atoms with Gasteiger partial charge in [-0.05, 0) is 45.8 Å². The maximum absolute atomic E-state index is 13.3. The summed E-state index contributed by atoms with van der Waals surface area (Å²) in [6.07, 6.45) is 7.85. The standard InChI is InChI=1S/C19H16BrFN6/c1-26-19(11-23-25-26)14-9-24-27(12-14)18(17-7-4-15(20)10-22-17)8-13-2-5-16(21)6-3-13/h2-7,9-12,18H,8H2,1H3. The number of aryl methyl sites for hydroxylation is 1. The van der Waals surface area contributed by atoms with E-state index in [0.717, 1.165) is 27.0 Å². The van der Waals surface area contributed by atoms with E-state index in [1.807, 2.05) is 30.1 Å². The van der Waals surface area contributed by atoms with Gasteiger partial charge in [-0.3, -0.25) is 9.67 Å². The first-order valence-electron chi connectivity index (χ1n) is 8.35. The summed E-state index contributed by atoms with van der Waals surface area (Å²) in [6.45, 7) is 0. The third-order valence-corrected chi connectivity index (χ3v) is 4.83. The number of benzene rings is 1. The van der Waals surface area contributed by atoms with Crippen molar-refractivity contribution in [1.82, 2.24) is 29.8 Å². The van der Waals surface area contributed by atoms with Gasteiger partial charge < -0.3 is 0 Å². The maximum Gasteiger partial charge on any atom is 0.123 e. The molecule has 6 nitrogen and oxygen atoms in total. The van der Waals surface area contributed by atoms with Crippen molar-refractivity contribution in [3.05, 3.63) is 82.7 Å². The van der Waals surface area contributed by atoms with Crippen LogP contribution in [-0.4, -0.2) is 29.8 Å². The van der Waals surface area contributed by atoms with Gasteiger partial charge in [0.1, 0.15) is 5.82 Å². The van der Waals surface area contributed by atoms with Crippen molar-refractivity contribution in [2.75, 3.05) is 0 Å². The molecule has 0 spiro atoms. The number of pyridine rings is 1. The lowest BCUT2D eigenvalue weighted by Crippen LogP contribution is -2.15. The van der Waals surface area contributed by atoms with Gasteiger partial charge in [0.2, 0.25) is 0 Å². The van der Waals surface area contributed by atoms with Gasteiger partial charge in [0.25, 0.3) is 0 Å². The van der Waals surface area contributed by atoms with E-state index in [1.165, 1.54) is 12.1 Å². The van der Waals surface area contributed by atoms with Crippen molar-refractivity contribution in [1.29, 1.82) is 0 Å². The molecule has 4 rings (SSSR count). The van der Waals surface area contributed by atoms with E-state index in [1.54, 1.807) is 35.4 Å². The van der Waals surface area contributed by atoms with Gasteiger partial charge in [0.15, 0.2) is 0 Å². The van der Waals surface area contributed by atoms with E-state index in [4.69, 9.17) is 0 Å². The van der Waals surface area contributed by atoms with Gasteiger partial charge >= 0.3 is 0 Å². The molecule has 27 heavy (non-hydrogen) atoms. The summed E-state index contributed by atoms with van der Waals surface area (Å²) in [5.74, 6) is -0.248. The van der Waals surface area contributed by atoms with Crippen LogP contribution in [0, 0.1) is 5.82 Å². The van der Waals surface area contributed by atoms with E-state index in [2.05, 4.69) is 36.3 Å². The molecule has 0 amide bonds. The van der Waals surface area contributed by atoms with E-state index in [0.29, 0.717) is 6.42 Å². The Bertz CT molecular complexity index is 1040. The van der Waals surface area contributed by atoms with Crippen molar-refractivity contribution in [3.8, 4) is 11.3 Å². The van der Waals surface area contributed by atoms with Crippen molar-refractivity contribution in [2.45, 2.75) is 12.5 Å². The van der Waals surface area contributed by atoms with Crippen molar-refractivity contribution >= 4 is 15.9 Å². The first-order valence-corrected chi connectivity index (χ1v) is 9.14. The summed E-state index contributed by atoms with van der Waals surface area (Å²) in [5, 5.41) is 12.4. The molecule has 8 heteroatoms. The Labute approximate surface area is 163 Å². The topological polar surface area (TPSA) is 61.4 Å². The molecule has 1 aromatic carbocycles. The molecule has 1 unspecified atom stereocenters. The van der Waals surface area contributed by atoms with Crippen LogP contribution in [0.5, 0.6) is 0 Å². The average Bonchev–Trinajstić information content (AvgIpc) is 3.31. The lowest BCUT2D eigenvalue weighted by atomic mass is 10.0. The molecule has 0 aliphatic heterocycles. The Kier molecular flexibility index (Phi) is 4.81. The summed E-state index contributed by atoms with van der Waals surface area (Å²) in [5.41, 5.74) is 3.68. The molecule has 4 aromatic rings. The van der Waals surface area contributed by atoms with Crippen molar-refractivity contribution in [2.24, 2.45) is 7.05 Å². The second-order valence-corrected chi connectivity index (χ2v) is 7.12. The Morgan fingerprint density at radius 1 is 1.07 bits per heavy atom. The molecular weight excluding hydrogens is 411 g/mol. The summed E-state index contributed by atoms with van der Waals surface area (Å²) >= 11 is 3.42. The monoisotopic (exact) mass is 426 g/mol. The molecule has 0 fully saturated rings. The number of rotatable bonds is 5. The highest BCUT2D eigenvalue weighted by atomic mass is 79.9. The maximum atomic E-state index is 13.3. The number of aromatic nitrogens is 6. The lowest BCUT2D eigenvalue weighted by Gasteiger charge is -2.17.